The molecule has 4 heterocycles. The van der Waals surface area contributed by atoms with Gasteiger partial charge >= 0.3 is 0 Å². The third-order valence-corrected chi connectivity index (χ3v) is 10.3. The van der Waals surface area contributed by atoms with Crippen molar-refractivity contribution in [1.29, 1.82) is 0 Å². The van der Waals surface area contributed by atoms with Gasteiger partial charge in [0.15, 0.2) is 22.2 Å². The normalized spacial score (nSPS) is 21.5. The van der Waals surface area contributed by atoms with Gasteiger partial charge in [0.05, 0.1) is 12.6 Å². The average Bonchev–Trinajstić information content (AvgIpc) is 3.26. The SMILES string of the molecule is Cc1c(C(=O)N[C@@H](CC2CCCCC2)C(=O)N[C@H]2CC[C@@H](C)N(S(=O)(=O)c3ccccn3)CC2=O)oc2cccnc12. The number of aryl methyl sites for hydroxylation is 1. The number of ketones is 1. The molecule has 3 aromatic rings. The van der Waals surface area contributed by atoms with E-state index < -0.39 is 45.7 Å². The molecule has 2 aliphatic rings. The first-order valence-electron chi connectivity index (χ1n) is 14.6. The van der Waals surface area contributed by atoms with Crippen molar-refractivity contribution in [2.45, 2.75) is 88.4 Å². The summed E-state index contributed by atoms with van der Waals surface area (Å²) < 4.78 is 33.5. The summed E-state index contributed by atoms with van der Waals surface area (Å²) in [4.78, 5) is 48.7. The summed E-state index contributed by atoms with van der Waals surface area (Å²) in [7, 11) is -4.00. The zero-order valence-electron chi connectivity index (χ0n) is 23.9. The quantitative estimate of drug-likeness (QED) is 0.401. The van der Waals surface area contributed by atoms with Crippen LogP contribution in [-0.4, -0.2) is 65.0 Å². The second kappa shape index (κ2) is 12.7. The summed E-state index contributed by atoms with van der Waals surface area (Å²) in [6, 6.07) is 5.82. The number of furan rings is 1. The number of hydrogen-bond acceptors (Lipinski definition) is 8. The Morgan fingerprint density at radius 1 is 1.05 bits per heavy atom. The molecule has 0 spiro atoms. The Morgan fingerprint density at radius 3 is 2.52 bits per heavy atom. The molecule has 224 valence electrons. The highest BCUT2D eigenvalue weighted by Crippen LogP contribution is 2.29. The van der Waals surface area contributed by atoms with Crippen LogP contribution in [0.3, 0.4) is 0 Å². The molecule has 12 heteroatoms. The lowest BCUT2D eigenvalue weighted by molar-refractivity contribution is -0.129. The summed E-state index contributed by atoms with van der Waals surface area (Å²) in [5, 5.41) is 5.59. The van der Waals surface area contributed by atoms with Crippen LogP contribution in [0.2, 0.25) is 0 Å². The fourth-order valence-corrected chi connectivity index (χ4v) is 7.54. The molecule has 1 saturated carbocycles. The van der Waals surface area contributed by atoms with Gasteiger partial charge in [-0.15, -0.1) is 0 Å². The highest BCUT2D eigenvalue weighted by Gasteiger charge is 2.38. The number of sulfonamides is 1. The average molecular weight is 596 g/mol. The maximum absolute atomic E-state index is 13.7. The Balaban J connectivity index is 1.32. The van der Waals surface area contributed by atoms with Crippen LogP contribution >= 0.6 is 0 Å². The first kappa shape index (κ1) is 29.8. The van der Waals surface area contributed by atoms with Gasteiger partial charge in [-0.05, 0) is 63.3 Å². The predicted octanol–water partition coefficient (Wildman–Crippen LogP) is 3.53. The van der Waals surface area contributed by atoms with Crippen LogP contribution in [0.15, 0.2) is 52.2 Å². The molecular weight excluding hydrogens is 558 g/mol. The van der Waals surface area contributed by atoms with Crippen LogP contribution in [0.1, 0.15) is 74.4 Å². The van der Waals surface area contributed by atoms with E-state index in [0.29, 0.717) is 29.5 Å². The van der Waals surface area contributed by atoms with Crippen molar-refractivity contribution >= 4 is 38.7 Å². The fraction of sp³-hybridized carbons (Fsp3) is 0.500. The summed E-state index contributed by atoms with van der Waals surface area (Å²) in [5.41, 5.74) is 1.65. The molecule has 2 fully saturated rings. The number of carbonyl (C=O) groups is 3. The second-order valence-electron chi connectivity index (χ2n) is 11.3. The molecule has 0 aromatic carbocycles. The fourth-order valence-electron chi connectivity index (χ4n) is 5.98. The number of hydrogen-bond donors (Lipinski definition) is 2. The van der Waals surface area contributed by atoms with E-state index in [1.807, 2.05) is 0 Å². The van der Waals surface area contributed by atoms with E-state index in [1.165, 1.54) is 12.3 Å². The third kappa shape index (κ3) is 6.39. The maximum atomic E-state index is 13.7. The minimum absolute atomic E-state index is 0.0971. The van der Waals surface area contributed by atoms with E-state index >= 15 is 0 Å². The van der Waals surface area contributed by atoms with Gasteiger partial charge in [0.25, 0.3) is 15.9 Å². The molecule has 2 amide bonds. The van der Waals surface area contributed by atoms with E-state index in [2.05, 4.69) is 20.6 Å². The Kier molecular flexibility index (Phi) is 9.02. The molecule has 1 saturated heterocycles. The molecule has 5 rings (SSSR count). The summed E-state index contributed by atoms with van der Waals surface area (Å²) >= 11 is 0. The number of aromatic nitrogens is 2. The van der Waals surface area contributed by atoms with E-state index in [1.54, 1.807) is 44.3 Å². The first-order chi connectivity index (χ1) is 20.1. The monoisotopic (exact) mass is 595 g/mol. The molecular formula is C30H37N5O6S. The van der Waals surface area contributed by atoms with Gasteiger partial charge < -0.3 is 15.1 Å². The first-order valence-corrected chi connectivity index (χ1v) is 16.0. The number of Topliss-reactive ketones (excluding diaryl/α,β-unsaturated/α-hetero) is 1. The molecule has 42 heavy (non-hydrogen) atoms. The number of fused-ring (bicyclic) bond motifs is 1. The van der Waals surface area contributed by atoms with Crippen LogP contribution in [-0.2, 0) is 19.6 Å². The highest BCUT2D eigenvalue weighted by atomic mass is 32.2. The van der Waals surface area contributed by atoms with E-state index in [9.17, 15) is 22.8 Å². The van der Waals surface area contributed by atoms with Crippen molar-refractivity contribution in [3.05, 3.63) is 54.0 Å². The minimum Gasteiger partial charge on any atom is -0.449 e. The Bertz CT molecular complexity index is 1550. The zero-order valence-corrected chi connectivity index (χ0v) is 24.7. The van der Waals surface area contributed by atoms with Crippen molar-refractivity contribution < 1.29 is 27.2 Å². The lowest BCUT2D eigenvalue weighted by atomic mass is 9.84. The number of pyridine rings is 2. The number of carbonyl (C=O) groups excluding carboxylic acids is 3. The van der Waals surface area contributed by atoms with Gasteiger partial charge in [-0.3, -0.25) is 19.4 Å². The van der Waals surface area contributed by atoms with Crippen molar-refractivity contribution in [3.63, 3.8) is 0 Å². The van der Waals surface area contributed by atoms with Crippen LogP contribution in [0.4, 0.5) is 0 Å². The number of rotatable bonds is 8. The predicted molar refractivity (Wildman–Crippen MR) is 155 cm³/mol. The van der Waals surface area contributed by atoms with E-state index in [4.69, 9.17) is 4.42 Å². The largest absolute Gasteiger partial charge is 0.449 e. The summed E-state index contributed by atoms with van der Waals surface area (Å²) in [6.07, 6.45) is 9.32. The Labute approximate surface area is 245 Å². The lowest BCUT2D eigenvalue weighted by Crippen LogP contribution is -2.53. The molecule has 0 bridgehead atoms. The van der Waals surface area contributed by atoms with Crippen LogP contribution in [0, 0.1) is 12.8 Å². The smallest absolute Gasteiger partial charge is 0.288 e. The van der Waals surface area contributed by atoms with Crippen molar-refractivity contribution in [2.24, 2.45) is 5.92 Å². The molecule has 11 nitrogen and oxygen atoms in total. The molecule has 3 atom stereocenters. The zero-order chi connectivity index (χ0) is 29.9. The molecule has 0 radical (unpaired) electrons. The van der Waals surface area contributed by atoms with Gasteiger partial charge in [-0.1, -0.05) is 38.2 Å². The molecule has 3 aromatic heterocycles. The Morgan fingerprint density at radius 2 is 1.81 bits per heavy atom. The van der Waals surface area contributed by atoms with E-state index in [0.717, 1.165) is 36.4 Å². The third-order valence-electron chi connectivity index (χ3n) is 8.39. The summed E-state index contributed by atoms with van der Waals surface area (Å²) in [6.45, 7) is 3.12. The topological polar surface area (TPSA) is 152 Å². The Hall–Kier alpha value is -3.64. The molecule has 1 aliphatic carbocycles. The van der Waals surface area contributed by atoms with Crippen molar-refractivity contribution in [3.8, 4) is 0 Å². The maximum Gasteiger partial charge on any atom is 0.288 e. The van der Waals surface area contributed by atoms with Gasteiger partial charge in [0.2, 0.25) is 5.91 Å². The standard InChI is InChI=1S/C30H37N5O6S/c1-19-13-14-22(24(36)18-35(19)42(39,40)26-12-6-7-15-31-26)33-29(37)23(17-21-9-4-3-5-10-21)34-30(38)28-20(2)27-25(41-28)11-8-16-32-27/h6-8,11-12,15-16,19,21-23H,3-5,9-10,13-14,17-18H2,1-2H3,(H,33,37)(H,34,38)/t19-,22+,23+/m1/s1. The molecule has 0 unspecified atom stereocenters. The van der Waals surface area contributed by atoms with Crippen LogP contribution in [0.5, 0.6) is 0 Å². The summed E-state index contributed by atoms with van der Waals surface area (Å²) in [5.74, 6) is -1.03. The van der Waals surface area contributed by atoms with Crippen molar-refractivity contribution in [1.82, 2.24) is 24.9 Å². The van der Waals surface area contributed by atoms with Crippen LogP contribution < -0.4 is 10.6 Å². The number of nitrogens with one attached hydrogen (secondary N) is 2. The van der Waals surface area contributed by atoms with Crippen molar-refractivity contribution in [2.75, 3.05) is 6.54 Å². The van der Waals surface area contributed by atoms with Gasteiger partial charge in [0, 0.05) is 24.0 Å². The number of nitrogens with zero attached hydrogens (tertiary/aromatic N) is 3. The molecule has 1 aliphatic heterocycles. The number of amides is 2. The van der Waals surface area contributed by atoms with E-state index in [-0.39, 0.29) is 29.7 Å². The molecule has 2 N–H and O–H groups in total. The van der Waals surface area contributed by atoms with Gasteiger partial charge in [-0.2, -0.15) is 4.31 Å². The minimum atomic E-state index is -4.00. The van der Waals surface area contributed by atoms with Crippen LogP contribution in [0.25, 0.3) is 11.1 Å². The lowest BCUT2D eigenvalue weighted by Gasteiger charge is -2.27. The van der Waals surface area contributed by atoms with Gasteiger partial charge in [-0.25, -0.2) is 13.4 Å². The second-order valence-corrected chi connectivity index (χ2v) is 13.2. The van der Waals surface area contributed by atoms with Gasteiger partial charge in [0.1, 0.15) is 11.6 Å². The highest BCUT2D eigenvalue weighted by molar-refractivity contribution is 7.89.